The molecule has 46 heavy (non-hydrogen) atoms. The van der Waals surface area contributed by atoms with Crippen LogP contribution in [0.4, 0.5) is 0 Å². The van der Waals surface area contributed by atoms with E-state index in [-0.39, 0.29) is 0 Å². The van der Waals surface area contributed by atoms with Gasteiger partial charge in [-0.15, -0.1) is 0 Å². The predicted octanol–water partition coefficient (Wildman–Crippen LogP) is 11.2. The number of pyridine rings is 1. The minimum absolute atomic E-state index is 0.857. The summed E-state index contributed by atoms with van der Waals surface area (Å²) in [5.74, 6) is 0. The van der Waals surface area contributed by atoms with Crippen LogP contribution in [0.25, 0.3) is 82.2 Å². The number of allylic oxidation sites excluding steroid dienone is 2. The van der Waals surface area contributed by atoms with Gasteiger partial charge in [0.1, 0.15) is 0 Å². The van der Waals surface area contributed by atoms with Gasteiger partial charge < -0.3 is 5.32 Å². The Morgan fingerprint density at radius 2 is 1.04 bits per heavy atom. The number of dihydropyridines is 1. The van der Waals surface area contributed by atoms with Crippen molar-refractivity contribution in [2.24, 2.45) is 0 Å². The van der Waals surface area contributed by atoms with Crippen molar-refractivity contribution in [3.05, 3.63) is 170 Å². The fourth-order valence-electron chi connectivity index (χ4n) is 7.12. The monoisotopic (exact) mass is 586 g/mol. The third-order valence-electron chi connectivity index (χ3n) is 9.25. The number of nitrogens with one attached hydrogen (secondary N) is 1. The molecule has 2 heterocycles. The Bertz CT molecular complexity index is 2470. The zero-order chi connectivity index (χ0) is 30.5. The molecule has 2 heteroatoms. The van der Waals surface area contributed by atoms with E-state index in [0.29, 0.717) is 0 Å². The number of nitrogens with zero attached hydrogens (tertiary/aromatic N) is 1. The molecule has 1 aromatic heterocycles. The summed E-state index contributed by atoms with van der Waals surface area (Å²) < 4.78 is 0. The van der Waals surface area contributed by atoms with E-state index >= 15 is 0 Å². The van der Waals surface area contributed by atoms with Crippen molar-refractivity contribution < 1.29 is 0 Å². The van der Waals surface area contributed by atoms with Gasteiger partial charge >= 0.3 is 0 Å². The van der Waals surface area contributed by atoms with Crippen molar-refractivity contribution in [3.63, 3.8) is 0 Å². The average Bonchev–Trinajstić information content (AvgIpc) is 3.13. The summed E-state index contributed by atoms with van der Waals surface area (Å²) in [6.45, 7) is 0.857. The summed E-state index contributed by atoms with van der Waals surface area (Å²) >= 11 is 0. The third kappa shape index (κ3) is 4.38. The molecule has 0 spiro atoms. The summed E-state index contributed by atoms with van der Waals surface area (Å²) in [5, 5.41) is 13.3. The standard InChI is InChI=1S/C44H30N2/c1-2-13-35-29(10-1)11-7-18-36(35)44-39-16-5-3-14-37(39)43(38-15-4-6-17-40(38)44)33-24-22-30-26-32(23-21-31(30)27-33)41-19-8-20-42(46-41)34-12-9-25-45-28-34/h1-24,26-28,45H,25H2. The molecule has 0 atom stereocenters. The quantitative estimate of drug-likeness (QED) is 0.208. The van der Waals surface area contributed by atoms with Crippen LogP contribution in [-0.2, 0) is 0 Å². The molecule has 0 radical (unpaired) electrons. The number of benzene rings is 7. The van der Waals surface area contributed by atoms with E-state index < -0.39 is 0 Å². The first kappa shape index (κ1) is 26.4. The van der Waals surface area contributed by atoms with Gasteiger partial charge in [0.15, 0.2) is 0 Å². The first-order valence-corrected chi connectivity index (χ1v) is 15.9. The van der Waals surface area contributed by atoms with Crippen molar-refractivity contribution in [2.45, 2.75) is 0 Å². The Labute approximate surface area is 268 Å². The summed E-state index contributed by atoms with van der Waals surface area (Å²) in [4.78, 5) is 5.00. The molecule has 1 aliphatic heterocycles. The maximum atomic E-state index is 5.00. The van der Waals surface area contributed by atoms with Crippen molar-refractivity contribution >= 4 is 48.7 Å². The number of hydrogen-bond acceptors (Lipinski definition) is 2. The molecule has 0 bridgehead atoms. The Morgan fingerprint density at radius 1 is 0.457 bits per heavy atom. The normalized spacial score (nSPS) is 12.9. The molecule has 0 aliphatic carbocycles. The lowest BCUT2D eigenvalue weighted by Gasteiger charge is -2.19. The predicted molar refractivity (Wildman–Crippen MR) is 196 cm³/mol. The van der Waals surface area contributed by atoms with Gasteiger partial charge in [0.25, 0.3) is 0 Å². The SMILES string of the molecule is C1=CC(c2cccc(-c3ccc4cc(-c5c6ccccc6c(-c6cccc7ccccc67)c6ccccc56)ccc4c3)n2)=CNC1. The largest absolute Gasteiger partial charge is 0.387 e. The molecule has 2 nitrogen and oxygen atoms in total. The molecule has 7 aromatic carbocycles. The molecule has 1 aliphatic rings. The Kier molecular flexibility index (Phi) is 6.24. The van der Waals surface area contributed by atoms with Crippen LogP contribution < -0.4 is 5.32 Å². The highest BCUT2D eigenvalue weighted by Crippen LogP contribution is 2.45. The maximum Gasteiger partial charge on any atom is 0.0723 e. The van der Waals surface area contributed by atoms with E-state index in [4.69, 9.17) is 4.98 Å². The third-order valence-corrected chi connectivity index (χ3v) is 9.25. The second-order valence-electron chi connectivity index (χ2n) is 12.0. The highest BCUT2D eigenvalue weighted by atomic mass is 14.8. The van der Waals surface area contributed by atoms with Crippen LogP contribution in [0, 0.1) is 0 Å². The maximum absolute atomic E-state index is 5.00. The average molecular weight is 587 g/mol. The summed E-state index contributed by atoms with van der Waals surface area (Å²) in [6, 6.07) is 53.0. The fraction of sp³-hybridized carbons (Fsp3) is 0.0227. The lowest BCUT2D eigenvalue weighted by atomic mass is 9.84. The van der Waals surface area contributed by atoms with Gasteiger partial charge in [-0.3, -0.25) is 0 Å². The van der Waals surface area contributed by atoms with Crippen LogP contribution in [0.5, 0.6) is 0 Å². The van der Waals surface area contributed by atoms with Crippen molar-refractivity contribution in [1.29, 1.82) is 0 Å². The fourth-order valence-corrected chi connectivity index (χ4v) is 7.12. The zero-order valence-corrected chi connectivity index (χ0v) is 25.2. The molecule has 0 saturated carbocycles. The first-order valence-electron chi connectivity index (χ1n) is 15.9. The van der Waals surface area contributed by atoms with Crippen LogP contribution in [0.2, 0.25) is 0 Å². The molecule has 0 saturated heterocycles. The number of rotatable bonds is 4. The van der Waals surface area contributed by atoms with Gasteiger partial charge in [0.05, 0.1) is 11.4 Å². The highest BCUT2D eigenvalue weighted by molar-refractivity contribution is 6.23. The van der Waals surface area contributed by atoms with Crippen LogP contribution in [0.3, 0.4) is 0 Å². The summed E-state index contributed by atoms with van der Waals surface area (Å²) in [7, 11) is 0. The van der Waals surface area contributed by atoms with Crippen molar-refractivity contribution in [3.8, 4) is 33.5 Å². The highest BCUT2D eigenvalue weighted by Gasteiger charge is 2.18. The van der Waals surface area contributed by atoms with Crippen LogP contribution in [0.1, 0.15) is 5.69 Å². The zero-order valence-electron chi connectivity index (χ0n) is 25.2. The van der Waals surface area contributed by atoms with Gasteiger partial charge in [-0.05, 0) is 89.6 Å². The molecule has 1 N–H and O–H groups in total. The van der Waals surface area contributed by atoms with Gasteiger partial charge in [0, 0.05) is 23.9 Å². The van der Waals surface area contributed by atoms with E-state index in [1.807, 2.05) is 6.20 Å². The van der Waals surface area contributed by atoms with Crippen molar-refractivity contribution in [2.75, 3.05) is 6.54 Å². The second kappa shape index (κ2) is 10.9. The molecule has 8 aromatic rings. The smallest absolute Gasteiger partial charge is 0.0723 e. The van der Waals surface area contributed by atoms with E-state index in [1.165, 1.54) is 65.3 Å². The lowest BCUT2D eigenvalue weighted by Crippen LogP contribution is -2.09. The number of hydrogen-bond donors (Lipinski definition) is 1. The topological polar surface area (TPSA) is 24.9 Å². The first-order chi connectivity index (χ1) is 22.8. The molecule has 9 rings (SSSR count). The van der Waals surface area contributed by atoms with Gasteiger partial charge in [-0.1, -0.05) is 133 Å². The van der Waals surface area contributed by atoms with E-state index in [2.05, 4.69) is 163 Å². The van der Waals surface area contributed by atoms with Crippen molar-refractivity contribution in [1.82, 2.24) is 10.3 Å². The molecule has 0 amide bonds. The molecular formula is C44H30N2. The van der Waals surface area contributed by atoms with Crippen LogP contribution >= 0.6 is 0 Å². The lowest BCUT2D eigenvalue weighted by molar-refractivity contribution is 0.974. The number of aromatic nitrogens is 1. The minimum Gasteiger partial charge on any atom is -0.387 e. The van der Waals surface area contributed by atoms with Gasteiger partial charge in [0.2, 0.25) is 0 Å². The Balaban J connectivity index is 1.21. The molecule has 0 fully saturated rings. The molecule has 216 valence electrons. The Morgan fingerprint density at radius 3 is 1.76 bits per heavy atom. The minimum atomic E-state index is 0.857. The van der Waals surface area contributed by atoms with Crippen LogP contribution in [-0.4, -0.2) is 11.5 Å². The second-order valence-corrected chi connectivity index (χ2v) is 12.0. The summed E-state index contributed by atoms with van der Waals surface area (Å²) in [6.07, 6.45) is 6.30. The Hall–Kier alpha value is -5.99. The van der Waals surface area contributed by atoms with Gasteiger partial charge in [-0.2, -0.15) is 0 Å². The van der Waals surface area contributed by atoms with E-state index in [0.717, 1.165) is 29.1 Å². The van der Waals surface area contributed by atoms with Gasteiger partial charge in [-0.25, -0.2) is 4.98 Å². The number of fused-ring (bicyclic) bond motifs is 4. The molecule has 0 unspecified atom stereocenters. The molecular weight excluding hydrogens is 556 g/mol. The summed E-state index contributed by atoms with van der Waals surface area (Å²) in [5.41, 5.74) is 9.23. The van der Waals surface area contributed by atoms with E-state index in [1.54, 1.807) is 0 Å². The van der Waals surface area contributed by atoms with E-state index in [9.17, 15) is 0 Å². The van der Waals surface area contributed by atoms with Crippen LogP contribution in [0.15, 0.2) is 164 Å².